The van der Waals surface area contributed by atoms with Crippen LogP contribution in [0.15, 0.2) is 35.8 Å². The summed E-state index contributed by atoms with van der Waals surface area (Å²) in [5.74, 6) is 0. The second kappa shape index (κ2) is 6.84. The summed E-state index contributed by atoms with van der Waals surface area (Å²) in [5.41, 5.74) is -2.64. The lowest BCUT2D eigenvalue weighted by molar-refractivity contribution is -0.0429. The number of benzene rings is 1. The van der Waals surface area contributed by atoms with Gasteiger partial charge in [-0.25, -0.2) is 4.98 Å². The molecule has 11 heteroatoms. The Bertz CT molecular complexity index is 1090. The molecule has 0 spiro atoms. The van der Waals surface area contributed by atoms with Gasteiger partial charge in [0.25, 0.3) is 0 Å². The molecular formula is C16H13ClF3N3O2S2. The fourth-order valence-corrected chi connectivity index (χ4v) is 3.95. The minimum atomic E-state index is -5.50. The number of alkyl halides is 3. The van der Waals surface area contributed by atoms with Gasteiger partial charge in [0.15, 0.2) is 0 Å². The highest BCUT2D eigenvalue weighted by Crippen LogP contribution is 2.35. The molecule has 0 saturated carbocycles. The molecule has 0 fully saturated rings. The van der Waals surface area contributed by atoms with Crippen molar-refractivity contribution in [2.45, 2.75) is 12.4 Å². The van der Waals surface area contributed by atoms with E-state index in [4.69, 9.17) is 11.6 Å². The highest BCUT2D eigenvalue weighted by Gasteiger charge is 2.46. The Hall–Kier alpha value is -2.04. The Morgan fingerprint density at radius 1 is 1.26 bits per heavy atom. The Morgan fingerprint density at radius 2 is 1.96 bits per heavy atom. The number of anilines is 1. The quantitative estimate of drug-likeness (QED) is 0.624. The van der Waals surface area contributed by atoms with Crippen LogP contribution >= 0.6 is 22.9 Å². The largest absolute Gasteiger partial charge is 0.516 e. The molecule has 0 aliphatic carbocycles. The molecule has 0 aliphatic heterocycles. The van der Waals surface area contributed by atoms with Crippen molar-refractivity contribution in [1.29, 1.82) is 0 Å². The third kappa shape index (κ3) is 3.97. The van der Waals surface area contributed by atoms with Gasteiger partial charge in [-0.2, -0.15) is 21.6 Å². The summed E-state index contributed by atoms with van der Waals surface area (Å²) in [6.07, 6.45) is 1.94. The molecule has 0 unspecified atom stereocenters. The summed E-state index contributed by atoms with van der Waals surface area (Å²) in [6.45, 7) is 1.97. The number of sulfonamides is 1. The van der Waals surface area contributed by atoms with Crippen LogP contribution < -0.4 is 4.72 Å². The average molecular weight is 436 g/mol. The molecule has 1 N–H and O–H groups in total. The number of hydrogen-bond acceptors (Lipinski definition) is 4. The number of halogens is 4. The minimum absolute atomic E-state index is 0.0819. The molecular weight excluding hydrogens is 423 g/mol. The summed E-state index contributed by atoms with van der Waals surface area (Å²) >= 11 is 7.54. The van der Waals surface area contributed by atoms with Crippen molar-refractivity contribution in [1.82, 2.24) is 9.55 Å². The molecule has 0 atom stereocenters. The summed E-state index contributed by atoms with van der Waals surface area (Å²) in [6, 6.07) is 5.73. The number of nitrogens with zero attached hydrogens (tertiary/aromatic N) is 2. The van der Waals surface area contributed by atoms with Gasteiger partial charge in [-0.1, -0.05) is 11.6 Å². The van der Waals surface area contributed by atoms with Crippen LogP contribution in [0.3, 0.4) is 0 Å². The molecule has 5 nitrogen and oxygen atoms in total. The Labute approximate surface area is 162 Å². The molecule has 0 aliphatic rings. The van der Waals surface area contributed by atoms with Gasteiger partial charge in [0.2, 0.25) is 0 Å². The predicted molar refractivity (Wildman–Crippen MR) is 100 cm³/mol. The maximum Gasteiger partial charge on any atom is 0.516 e. The van der Waals surface area contributed by atoms with Crippen LogP contribution in [0.5, 0.6) is 0 Å². The van der Waals surface area contributed by atoms with Crippen molar-refractivity contribution in [3.8, 4) is 21.8 Å². The molecule has 1 aromatic carbocycles. The lowest BCUT2D eigenvalue weighted by atomic mass is 10.1. The molecule has 0 bridgehead atoms. The first-order chi connectivity index (χ1) is 12.5. The second-order valence-electron chi connectivity index (χ2n) is 5.76. The highest BCUT2D eigenvalue weighted by molar-refractivity contribution is 7.93. The van der Waals surface area contributed by atoms with Gasteiger partial charge < -0.3 is 4.57 Å². The molecule has 3 rings (SSSR count). The Balaban J connectivity index is 1.89. The van der Waals surface area contributed by atoms with E-state index in [1.807, 2.05) is 30.8 Å². The van der Waals surface area contributed by atoms with Crippen LogP contribution in [-0.2, 0) is 17.1 Å². The number of hydrogen-bond donors (Lipinski definition) is 1. The maximum atomic E-state index is 12.5. The molecule has 0 amide bonds. The van der Waals surface area contributed by atoms with Gasteiger partial charge in [0.05, 0.1) is 16.4 Å². The van der Waals surface area contributed by atoms with E-state index in [2.05, 4.69) is 4.98 Å². The van der Waals surface area contributed by atoms with E-state index >= 15 is 0 Å². The van der Waals surface area contributed by atoms with Gasteiger partial charge >= 0.3 is 15.5 Å². The first kappa shape index (κ1) is 19.7. The van der Waals surface area contributed by atoms with Crippen molar-refractivity contribution < 1.29 is 21.6 Å². The van der Waals surface area contributed by atoms with E-state index < -0.39 is 15.5 Å². The number of rotatable bonds is 4. The van der Waals surface area contributed by atoms with E-state index in [1.54, 1.807) is 5.38 Å². The molecule has 144 valence electrons. The second-order valence-corrected chi connectivity index (χ2v) is 8.70. The first-order valence-electron chi connectivity index (χ1n) is 7.46. The summed E-state index contributed by atoms with van der Waals surface area (Å²) in [4.78, 5) is 4.51. The van der Waals surface area contributed by atoms with Crippen molar-refractivity contribution in [3.05, 3.63) is 46.6 Å². The Morgan fingerprint density at radius 3 is 2.52 bits per heavy atom. The lowest BCUT2D eigenvalue weighted by Crippen LogP contribution is -2.29. The number of nitrogens with one attached hydrogen (secondary N) is 1. The van der Waals surface area contributed by atoms with Crippen LogP contribution in [-0.4, -0.2) is 23.5 Å². The topological polar surface area (TPSA) is 64.0 Å². The standard InChI is InChI=1S/C16H13ClF3N3O2S2/c1-9-5-10(7-23(9)2)15-21-14(8-26-15)12-4-3-11(6-13(12)17)22-27(24,25)16(18,19)20/h3-8,22H,1-2H3. The van der Waals surface area contributed by atoms with Crippen LogP contribution in [0.25, 0.3) is 21.8 Å². The number of thiazole rings is 1. The van der Waals surface area contributed by atoms with Crippen LogP contribution in [0.1, 0.15) is 5.69 Å². The van der Waals surface area contributed by atoms with E-state index in [0.717, 1.165) is 22.3 Å². The molecule has 2 heterocycles. The van der Waals surface area contributed by atoms with E-state index in [0.29, 0.717) is 11.3 Å². The number of aryl methyl sites for hydroxylation is 2. The van der Waals surface area contributed by atoms with Crippen molar-refractivity contribution in [2.75, 3.05) is 4.72 Å². The average Bonchev–Trinajstić information content (AvgIpc) is 3.13. The van der Waals surface area contributed by atoms with Gasteiger partial charge in [-0.3, -0.25) is 4.72 Å². The fraction of sp³-hybridized carbons (Fsp3) is 0.188. The zero-order chi connectivity index (χ0) is 20.0. The van der Waals surface area contributed by atoms with Crippen LogP contribution in [0.4, 0.5) is 18.9 Å². The van der Waals surface area contributed by atoms with E-state index in [9.17, 15) is 21.6 Å². The monoisotopic (exact) mass is 435 g/mol. The van der Waals surface area contributed by atoms with Crippen LogP contribution in [0, 0.1) is 6.92 Å². The molecule has 3 aromatic rings. The zero-order valence-corrected chi connectivity index (χ0v) is 16.4. The predicted octanol–water partition coefficient (Wildman–Crippen LogP) is 5.04. The first-order valence-corrected chi connectivity index (χ1v) is 10.2. The summed E-state index contributed by atoms with van der Waals surface area (Å²) in [5, 5.41) is 2.63. The van der Waals surface area contributed by atoms with Gasteiger partial charge in [-0.15, -0.1) is 11.3 Å². The maximum absolute atomic E-state index is 12.5. The SMILES string of the molecule is Cc1cc(-c2nc(-c3ccc(NS(=O)(=O)C(F)(F)F)cc3Cl)cs2)cn1C. The molecule has 0 radical (unpaired) electrons. The highest BCUT2D eigenvalue weighted by atomic mass is 35.5. The zero-order valence-electron chi connectivity index (χ0n) is 14.0. The van der Waals surface area contributed by atoms with E-state index in [-0.39, 0.29) is 10.7 Å². The summed E-state index contributed by atoms with van der Waals surface area (Å²) < 4.78 is 63.2. The fourth-order valence-electron chi connectivity index (χ4n) is 2.32. The smallest absolute Gasteiger partial charge is 0.354 e. The van der Waals surface area contributed by atoms with Crippen molar-refractivity contribution in [2.24, 2.45) is 7.05 Å². The Kier molecular flexibility index (Phi) is 5.00. The molecule has 0 saturated heterocycles. The van der Waals surface area contributed by atoms with Crippen LogP contribution in [0.2, 0.25) is 5.02 Å². The van der Waals surface area contributed by atoms with Gasteiger partial charge in [0, 0.05) is 35.4 Å². The summed E-state index contributed by atoms with van der Waals surface area (Å²) in [7, 11) is -3.58. The minimum Gasteiger partial charge on any atom is -0.354 e. The molecule has 2 aromatic heterocycles. The lowest BCUT2D eigenvalue weighted by Gasteiger charge is -2.11. The number of aromatic nitrogens is 2. The molecule has 27 heavy (non-hydrogen) atoms. The normalized spacial score (nSPS) is 12.4. The van der Waals surface area contributed by atoms with Gasteiger partial charge in [-0.05, 0) is 31.2 Å². The van der Waals surface area contributed by atoms with Crippen molar-refractivity contribution >= 4 is 38.6 Å². The van der Waals surface area contributed by atoms with Gasteiger partial charge in [0.1, 0.15) is 5.01 Å². The third-order valence-electron chi connectivity index (χ3n) is 3.81. The van der Waals surface area contributed by atoms with Crippen molar-refractivity contribution in [3.63, 3.8) is 0 Å². The van der Waals surface area contributed by atoms with E-state index in [1.165, 1.54) is 28.2 Å². The third-order valence-corrected chi connectivity index (χ3v) is 6.12.